The Morgan fingerprint density at radius 2 is 0.537 bits per heavy atom. The van der Waals surface area contributed by atoms with Crippen molar-refractivity contribution >= 4 is 34.1 Å². The molecule has 0 saturated carbocycles. The van der Waals surface area contributed by atoms with Gasteiger partial charge in [0.15, 0.2) is 0 Å². The molecular weight excluding hydrogens is 653 g/mol. The van der Waals surface area contributed by atoms with Gasteiger partial charge in [-0.15, -0.1) is 0 Å². The van der Waals surface area contributed by atoms with E-state index in [0.717, 1.165) is 34.1 Å². The van der Waals surface area contributed by atoms with Crippen molar-refractivity contribution in [2.75, 3.05) is 9.80 Å². The molecular formula is C52H44N2. The first kappa shape index (κ1) is 34.4. The third-order valence-corrected chi connectivity index (χ3v) is 10.4. The third kappa shape index (κ3) is 6.95. The summed E-state index contributed by atoms with van der Waals surface area (Å²) in [7, 11) is 0. The van der Waals surface area contributed by atoms with E-state index in [1.165, 1.54) is 55.6 Å². The molecule has 0 heterocycles. The van der Waals surface area contributed by atoms with Gasteiger partial charge in [-0.25, -0.2) is 0 Å². The number of nitrogens with zero attached hydrogens (tertiary/aromatic N) is 2. The zero-order valence-corrected chi connectivity index (χ0v) is 31.4. The van der Waals surface area contributed by atoms with Crippen molar-refractivity contribution < 1.29 is 0 Å². The Morgan fingerprint density at radius 1 is 0.241 bits per heavy atom. The third-order valence-electron chi connectivity index (χ3n) is 10.4. The number of benzene rings is 8. The molecule has 0 radical (unpaired) electrons. The van der Waals surface area contributed by atoms with Crippen LogP contribution in [0.5, 0.6) is 0 Å². The normalized spacial score (nSPS) is 11.0. The van der Waals surface area contributed by atoms with E-state index in [2.05, 4.69) is 232 Å². The van der Waals surface area contributed by atoms with E-state index in [-0.39, 0.29) is 0 Å². The van der Waals surface area contributed by atoms with Gasteiger partial charge >= 0.3 is 0 Å². The van der Waals surface area contributed by atoms with Gasteiger partial charge in [0.2, 0.25) is 0 Å². The maximum Gasteiger partial charge on any atom is 0.0464 e. The van der Waals surface area contributed by atoms with Gasteiger partial charge in [-0.2, -0.15) is 0 Å². The summed E-state index contributed by atoms with van der Waals surface area (Å²) in [6, 6.07) is 69.9. The lowest BCUT2D eigenvalue weighted by Crippen LogP contribution is -2.10. The second kappa shape index (κ2) is 15.1. The standard InChI is InChI=1S/C52H44N2/c1-37-15-11-13-21-49(37)51-33-31-47(35-39(51)3)53(43-17-7-5-8-18-43)45-27-23-41(24-28-45)42-25-29-46(30-26-42)54(44-19-9-6-10-20-44)48-32-34-52(40(4)36-48)50-22-14-12-16-38(50)2/h5-36H,1-4H3. The molecule has 2 nitrogen and oxygen atoms in total. The Kier molecular flexibility index (Phi) is 9.66. The van der Waals surface area contributed by atoms with Gasteiger partial charge in [0.1, 0.15) is 0 Å². The second-order valence-corrected chi connectivity index (χ2v) is 14.1. The van der Waals surface area contributed by atoms with E-state index in [0.29, 0.717) is 0 Å². The summed E-state index contributed by atoms with van der Waals surface area (Å²) < 4.78 is 0. The van der Waals surface area contributed by atoms with Crippen molar-refractivity contribution in [2.24, 2.45) is 0 Å². The van der Waals surface area contributed by atoms with Crippen LogP contribution in [0, 0.1) is 27.7 Å². The van der Waals surface area contributed by atoms with E-state index in [9.17, 15) is 0 Å². The summed E-state index contributed by atoms with van der Waals surface area (Å²) in [6.07, 6.45) is 0. The van der Waals surface area contributed by atoms with Gasteiger partial charge in [0.25, 0.3) is 0 Å². The number of aryl methyl sites for hydroxylation is 4. The second-order valence-electron chi connectivity index (χ2n) is 14.1. The molecule has 2 heteroatoms. The lowest BCUT2D eigenvalue weighted by molar-refractivity contribution is 1.27. The van der Waals surface area contributed by atoms with Crippen LogP contribution in [0.2, 0.25) is 0 Å². The van der Waals surface area contributed by atoms with Gasteiger partial charge < -0.3 is 9.80 Å². The lowest BCUT2D eigenvalue weighted by atomic mass is 9.96. The molecule has 0 aliphatic heterocycles. The molecule has 0 aliphatic carbocycles. The molecule has 8 aromatic rings. The smallest absolute Gasteiger partial charge is 0.0464 e. The number of anilines is 6. The van der Waals surface area contributed by atoms with Crippen molar-refractivity contribution in [1.29, 1.82) is 0 Å². The minimum absolute atomic E-state index is 1.12. The molecule has 54 heavy (non-hydrogen) atoms. The summed E-state index contributed by atoms with van der Waals surface area (Å²) in [5.74, 6) is 0. The average Bonchev–Trinajstić information content (AvgIpc) is 3.20. The van der Waals surface area contributed by atoms with Gasteiger partial charge in [-0.3, -0.25) is 0 Å². The van der Waals surface area contributed by atoms with Crippen LogP contribution < -0.4 is 9.80 Å². The fraction of sp³-hybridized carbons (Fsp3) is 0.0769. The predicted molar refractivity (Wildman–Crippen MR) is 231 cm³/mol. The van der Waals surface area contributed by atoms with Crippen LogP contribution in [-0.4, -0.2) is 0 Å². The zero-order valence-electron chi connectivity index (χ0n) is 31.4. The molecule has 0 aliphatic rings. The quantitative estimate of drug-likeness (QED) is 0.148. The molecule has 262 valence electrons. The van der Waals surface area contributed by atoms with Crippen molar-refractivity contribution in [3.8, 4) is 33.4 Å². The Morgan fingerprint density at radius 3 is 0.889 bits per heavy atom. The number of hydrogen-bond donors (Lipinski definition) is 0. The fourth-order valence-corrected chi connectivity index (χ4v) is 7.58. The Hall–Kier alpha value is -6.64. The topological polar surface area (TPSA) is 6.48 Å². The van der Waals surface area contributed by atoms with E-state index in [4.69, 9.17) is 0 Å². The van der Waals surface area contributed by atoms with Crippen LogP contribution in [0.25, 0.3) is 33.4 Å². The van der Waals surface area contributed by atoms with Crippen molar-refractivity contribution in [3.05, 3.63) is 216 Å². The molecule has 0 fully saturated rings. The van der Waals surface area contributed by atoms with Gasteiger partial charge in [0, 0.05) is 34.1 Å². The lowest BCUT2D eigenvalue weighted by Gasteiger charge is -2.27. The predicted octanol–water partition coefficient (Wildman–Crippen LogP) is 14.9. The molecule has 0 amide bonds. The summed E-state index contributed by atoms with van der Waals surface area (Å²) in [5.41, 5.74) is 19.3. The summed E-state index contributed by atoms with van der Waals surface area (Å²) in [6.45, 7) is 8.78. The van der Waals surface area contributed by atoms with E-state index in [1.54, 1.807) is 0 Å². The summed E-state index contributed by atoms with van der Waals surface area (Å²) in [4.78, 5) is 4.68. The zero-order chi connectivity index (χ0) is 37.0. The molecule has 0 spiro atoms. The minimum atomic E-state index is 1.12. The summed E-state index contributed by atoms with van der Waals surface area (Å²) in [5, 5.41) is 0. The summed E-state index contributed by atoms with van der Waals surface area (Å²) >= 11 is 0. The molecule has 0 bridgehead atoms. The highest BCUT2D eigenvalue weighted by atomic mass is 15.1. The number of hydrogen-bond acceptors (Lipinski definition) is 2. The highest BCUT2D eigenvalue weighted by Crippen LogP contribution is 2.40. The SMILES string of the molecule is Cc1ccccc1-c1ccc(N(c2ccccc2)c2ccc(-c3ccc(N(c4ccccc4)c4ccc(-c5ccccc5C)c(C)c4)cc3)cc2)cc1C. The Labute approximate surface area is 320 Å². The molecule has 0 atom stereocenters. The number of rotatable bonds is 9. The molecule has 0 unspecified atom stereocenters. The Balaban J connectivity index is 1.10. The van der Waals surface area contributed by atoms with Crippen LogP contribution in [-0.2, 0) is 0 Å². The minimum Gasteiger partial charge on any atom is -0.310 e. The first-order valence-electron chi connectivity index (χ1n) is 18.7. The van der Waals surface area contributed by atoms with Crippen molar-refractivity contribution in [1.82, 2.24) is 0 Å². The van der Waals surface area contributed by atoms with Crippen molar-refractivity contribution in [2.45, 2.75) is 27.7 Å². The maximum atomic E-state index is 2.34. The van der Waals surface area contributed by atoms with Crippen LogP contribution in [0.15, 0.2) is 194 Å². The first-order valence-corrected chi connectivity index (χ1v) is 18.7. The van der Waals surface area contributed by atoms with Crippen LogP contribution in [0.1, 0.15) is 22.3 Å². The highest BCUT2D eigenvalue weighted by molar-refractivity contribution is 5.83. The number of para-hydroxylation sites is 2. The van der Waals surface area contributed by atoms with E-state index >= 15 is 0 Å². The van der Waals surface area contributed by atoms with Gasteiger partial charge in [-0.1, -0.05) is 121 Å². The Bertz CT molecular complexity index is 2340. The molecule has 8 aromatic carbocycles. The molecule has 0 aromatic heterocycles. The first-order chi connectivity index (χ1) is 26.4. The van der Waals surface area contributed by atoms with E-state index < -0.39 is 0 Å². The van der Waals surface area contributed by atoms with Gasteiger partial charge in [-0.05, 0) is 156 Å². The van der Waals surface area contributed by atoms with Crippen LogP contribution in [0.3, 0.4) is 0 Å². The molecule has 0 N–H and O–H groups in total. The van der Waals surface area contributed by atoms with Crippen molar-refractivity contribution in [3.63, 3.8) is 0 Å². The largest absolute Gasteiger partial charge is 0.310 e. The molecule has 0 saturated heterocycles. The molecule has 8 rings (SSSR count). The maximum absolute atomic E-state index is 2.34. The van der Waals surface area contributed by atoms with Crippen LogP contribution in [0.4, 0.5) is 34.1 Å². The average molecular weight is 697 g/mol. The van der Waals surface area contributed by atoms with E-state index in [1.807, 2.05) is 0 Å². The highest BCUT2D eigenvalue weighted by Gasteiger charge is 2.17. The monoisotopic (exact) mass is 696 g/mol. The fourth-order valence-electron chi connectivity index (χ4n) is 7.58. The van der Waals surface area contributed by atoms with Gasteiger partial charge in [0.05, 0.1) is 0 Å². The van der Waals surface area contributed by atoms with Crippen LogP contribution >= 0.6 is 0 Å².